The summed E-state index contributed by atoms with van der Waals surface area (Å²) in [5.41, 5.74) is 7.87. The minimum atomic E-state index is -0.668. The van der Waals surface area contributed by atoms with Crippen LogP contribution in [0.5, 0.6) is 0 Å². The molecule has 1 saturated carbocycles. The number of carbonyl (C=O) groups excluding carboxylic acids is 1. The second kappa shape index (κ2) is 3.49. The molecular formula is C8H11N5O. The molecular weight excluding hydrogens is 182 g/mol. The van der Waals surface area contributed by atoms with Crippen LogP contribution in [-0.2, 0) is 0 Å². The number of aromatic nitrogens is 2. The molecule has 2 amide bonds. The van der Waals surface area contributed by atoms with E-state index in [1.165, 1.54) is 19.1 Å². The summed E-state index contributed by atoms with van der Waals surface area (Å²) in [4.78, 5) is 14.3. The summed E-state index contributed by atoms with van der Waals surface area (Å²) in [6.45, 7) is 0. The Morgan fingerprint density at radius 2 is 2.57 bits per heavy atom. The van der Waals surface area contributed by atoms with E-state index in [4.69, 9.17) is 5.73 Å². The van der Waals surface area contributed by atoms with Crippen molar-refractivity contribution in [3.05, 3.63) is 18.2 Å². The van der Waals surface area contributed by atoms with Crippen molar-refractivity contribution < 1.29 is 4.79 Å². The van der Waals surface area contributed by atoms with Gasteiger partial charge in [0.25, 0.3) is 0 Å². The van der Waals surface area contributed by atoms with Gasteiger partial charge in [-0.05, 0) is 12.8 Å². The van der Waals surface area contributed by atoms with Gasteiger partial charge in [-0.25, -0.2) is 15.2 Å². The highest BCUT2D eigenvalue weighted by molar-refractivity contribution is 5.79. The minimum absolute atomic E-state index is 0.549. The van der Waals surface area contributed by atoms with Crippen LogP contribution in [0.2, 0.25) is 0 Å². The van der Waals surface area contributed by atoms with Gasteiger partial charge in [-0.15, -0.1) is 0 Å². The third-order valence-corrected chi connectivity index (χ3v) is 2.01. The second-order valence-electron chi connectivity index (χ2n) is 3.19. The number of rotatable bonds is 3. The van der Waals surface area contributed by atoms with E-state index in [-0.39, 0.29) is 0 Å². The highest BCUT2D eigenvalue weighted by Gasteiger charge is 2.24. The first kappa shape index (κ1) is 8.74. The van der Waals surface area contributed by atoms with Crippen molar-refractivity contribution in [3.8, 4) is 0 Å². The maximum Gasteiger partial charge on any atom is 0.332 e. The maximum absolute atomic E-state index is 10.3. The van der Waals surface area contributed by atoms with Gasteiger partial charge in [0.1, 0.15) is 0 Å². The average molecular weight is 193 g/mol. The number of primary amides is 1. The molecule has 0 spiro atoms. The molecule has 6 heteroatoms. The molecule has 0 saturated heterocycles. The molecule has 3 N–H and O–H groups in total. The number of hydrogen-bond acceptors (Lipinski definition) is 3. The fraction of sp³-hybridized carbons (Fsp3) is 0.375. The second-order valence-corrected chi connectivity index (χ2v) is 3.19. The lowest BCUT2D eigenvalue weighted by Crippen LogP contribution is -2.24. The Morgan fingerprint density at radius 3 is 3.21 bits per heavy atom. The largest absolute Gasteiger partial charge is 0.350 e. The van der Waals surface area contributed by atoms with E-state index in [0.29, 0.717) is 6.04 Å². The highest BCUT2D eigenvalue weighted by atomic mass is 16.2. The topological polar surface area (TPSA) is 85.3 Å². The number of carbonyl (C=O) groups is 1. The van der Waals surface area contributed by atoms with Gasteiger partial charge in [0, 0.05) is 6.04 Å². The van der Waals surface area contributed by atoms with Crippen LogP contribution < -0.4 is 11.2 Å². The van der Waals surface area contributed by atoms with Crippen LogP contribution in [0, 0.1) is 0 Å². The van der Waals surface area contributed by atoms with Crippen molar-refractivity contribution in [2.75, 3.05) is 0 Å². The van der Waals surface area contributed by atoms with Gasteiger partial charge in [0.2, 0.25) is 0 Å². The Labute approximate surface area is 80.8 Å². The fourth-order valence-electron chi connectivity index (χ4n) is 1.23. The van der Waals surface area contributed by atoms with Crippen molar-refractivity contribution in [2.24, 2.45) is 10.8 Å². The van der Waals surface area contributed by atoms with Crippen LogP contribution in [0.4, 0.5) is 4.79 Å². The van der Waals surface area contributed by atoms with Crippen LogP contribution in [0.3, 0.4) is 0 Å². The standard InChI is InChI=1S/C8H11N5O/c9-8(14)12-11-4-7-3-10-5-13(7)6-1-2-6/h3-6H,1-2H2,(H3,9,12,14). The lowest BCUT2D eigenvalue weighted by Gasteiger charge is -2.00. The van der Waals surface area contributed by atoms with Crippen LogP contribution in [0.15, 0.2) is 17.6 Å². The number of nitrogens with one attached hydrogen (secondary N) is 1. The van der Waals surface area contributed by atoms with Crippen LogP contribution >= 0.6 is 0 Å². The van der Waals surface area contributed by atoms with Crippen molar-refractivity contribution in [2.45, 2.75) is 18.9 Å². The van der Waals surface area contributed by atoms with Crippen molar-refractivity contribution in [1.82, 2.24) is 15.0 Å². The summed E-state index contributed by atoms with van der Waals surface area (Å²) in [6, 6.07) is -0.119. The number of nitrogens with two attached hydrogens (primary N) is 1. The molecule has 0 atom stereocenters. The maximum atomic E-state index is 10.3. The molecule has 1 aromatic heterocycles. The molecule has 1 heterocycles. The number of amides is 2. The normalized spacial score (nSPS) is 16.0. The average Bonchev–Trinajstić information content (AvgIpc) is 2.87. The monoisotopic (exact) mass is 193 g/mol. The number of nitrogens with zero attached hydrogens (tertiary/aromatic N) is 3. The summed E-state index contributed by atoms with van der Waals surface area (Å²) in [5, 5.41) is 3.67. The third kappa shape index (κ3) is 1.90. The minimum Gasteiger partial charge on any atom is -0.350 e. The van der Waals surface area contributed by atoms with Gasteiger partial charge in [-0.2, -0.15) is 5.10 Å². The molecule has 0 aliphatic heterocycles. The number of imidazole rings is 1. The van der Waals surface area contributed by atoms with E-state index < -0.39 is 6.03 Å². The molecule has 1 fully saturated rings. The quantitative estimate of drug-likeness (QED) is 0.531. The molecule has 0 bridgehead atoms. The summed E-state index contributed by atoms with van der Waals surface area (Å²) in [5.74, 6) is 0. The van der Waals surface area contributed by atoms with Crippen molar-refractivity contribution in [1.29, 1.82) is 0 Å². The van der Waals surface area contributed by atoms with Gasteiger partial charge in [-0.1, -0.05) is 0 Å². The first-order chi connectivity index (χ1) is 6.77. The number of urea groups is 1. The molecule has 2 rings (SSSR count). The highest BCUT2D eigenvalue weighted by Crippen LogP contribution is 2.35. The predicted molar refractivity (Wildman–Crippen MR) is 50.8 cm³/mol. The van der Waals surface area contributed by atoms with E-state index in [2.05, 4.69) is 15.5 Å². The molecule has 14 heavy (non-hydrogen) atoms. The van der Waals surface area contributed by atoms with Gasteiger partial charge in [-0.3, -0.25) is 0 Å². The first-order valence-corrected chi connectivity index (χ1v) is 4.37. The van der Waals surface area contributed by atoms with E-state index >= 15 is 0 Å². The first-order valence-electron chi connectivity index (χ1n) is 4.37. The Hall–Kier alpha value is -1.85. The molecule has 0 unspecified atom stereocenters. The summed E-state index contributed by atoms with van der Waals surface area (Å²) < 4.78 is 2.03. The zero-order valence-electron chi connectivity index (χ0n) is 7.55. The smallest absolute Gasteiger partial charge is 0.332 e. The Morgan fingerprint density at radius 1 is 1.79 bits per heavy atom. The number of hydrazone groups is 1. The third-order valence-electron chi connectivity index (χ3n) is 2.01. The molecule has 6 nitrogen and oxygen atoms in total. The van der Waals surface area contributed by atoms with E-state index in [0.717, 1.165) is 5.69 Å². The van der Waals surface area contributed by atoms with E-state index in [1.807, 2.05) is 4.57 Å². The van der Waals surface area contributed by atoms with Crippen LogP contribution in [0.1, 0.15) is 24.6 Å². The predicted octanol–water partition coefficient (Wildman–Crippen LogP) is 0.220. The van der Waals surface area contributed by atoms with E-state index in [9.17, 15) is 4.79 Å². The van der Waals surface area contributed by atoms with Gasteiger partial charge >= 0.3 is 6.03 Å². The zero-order valence-corrected chi connectivity index (χ0v) is 7.55. The molecule has 74 valence electrons. The van der Waals surface area contributed by atoms with Crippen molar-refractivity contribution in [3.63, 3.8) is 0 Å². The Balaban J connectivity index is 2.04. The molecule has 0 aromatic carbocycles. The van der Waals surface area contributed by atoms with Crippen LogP contribution in [-0.4, -0.2) is 21.8 Å². The van der Waals surface area contributed by atoms with Gasteiger partial charge < -0.3 is 10.3 Å². The molecule has 1 aromatic rings. The molecule has 1 aliphatic carbocycles. The fourth-order valence-corrected chi connectivity index (χ4v) is 1.23. The summed E-state index contributed by atoms with van der Waals surface area (Å²) in [6.07, 6.45) is 7.37. The van der Waals surface area contributed by atoms with Gasteiger partial charge in [0.05, 0.1) is 24.4 Å². The summed E-state index contributed by atoms with van der Waals surface area (Å²) in [7, 11) is 0. The molecule has 0 radical (unpaired) electrons. The molecule has 1 aliphatic rings. The van der Waals surface area contributed by atoms with Gasteiger partial charge in [0.15, 0.2) is 0 Å². The SMILES string of the molecule is NC(=O)NN=Cc1cncn1C1CC1. The lowest BCUT2D eigenvalue weighted by molar-refractivity contribution is 0.249. The Kier molecular flexibility index (Phi) is 2.18. The Bertz CT molecular complexity index is 366. The zero-order chi connectivity index (χ0) is 9.97. The van der Waals surface area contributed by atoms with Crippen LogP contribution in [0.25, 0.3) is 0 Å². The van der Waals surface area contributed by atoms with E-state index in [1.54, 1.807) is 12.5 Å². The number of hydrogen-bond donors (Lipinski definition) is 2. The summed E-state index contributed by atoms with van der Waals surface area (Å²) >= 11 is 0. The lowest BCUT2D eigenvalue weighted by atomic mass is 10.5. The van der Waals surface area contributed by atoms with Crippen molar-refractivity contribution >= 4 is 12.2 Å².